The Balaban J connectivity index is 1.90. The first-order valence-corrected chi connectivity index (χ1v) is 6.59. The summed E-state index contributed by atoms with van der Waals surface area (Å²) >= 11 is 0. The number of nitrogens with zero attached hydrogens (tertiary/aromatic N) is 1. The molecule has 6 nitrogen and oxygen atoms in total. The Morgan fingerprint density at radius 2 is 2.21 bits per heavy atom. The Kier molecular flexibility index (Phi) is 3.80. The maximum atomic E-state index is 11.8. The normalized spacial score (nSPS) is 23.4. The van der Waals surface area contributed by atoms with E-state index < -0.39 is 6.10 Å². The summed E-state index contributed by atoms with van der Waals surface area (Å²) in [6.07, 6.45) is 2.03. The highest BCUT2D eigenvalue weighted by Gasteiger charge is 2.27. The number of nitrogens with one attached hydrogen (secondary N) is 2. The van der Waals surface area contributed by atoms with Gasteiger partial charge in [-0.3, -0.25) is 5.32 Å². The molecule has 1 heterocycles. The lowest BCUT2D eigenvalue weighted by molar-refractivity contribution is 0.151. The summed E-state index contributed by atoms with van der Waals surface area (Å²) in [4.78, 5) is 11.8. The van der Waals surface area contributed by atoms with Crippen molar-refractivity contribution in [3.63, 3.8) is 0 Å². The average molecular weight is 267 g/mol. The van der Waals surface area contributed by atoms with Gasteiger partial charge in [0.15, 0.2) is 5.82 Å². The van der Waals surface area contributed by atoms with Crippen LogP contribution in [0, 0.1) is 0 Å². The van der Waals surface area contributed by atoms with Crippen molar-refractivity contribution < 1.29 is 14.4 Å². The summed E-state index contributed by atoms with van der Waals surface area (Å²) in [5.41, 5.74) is -0.148. The second-order valence-corrected chi connectivity index (χ2v) is 6.03. The van der Waals surface area contributed by atoms with Gasteiger partial charge in [0, 0.05) is 11.5 Å². The zero-order valence-electron chi connectivity index (χ0n) is 11.6. The molecular weight excluding hydrogens is 246 g/mol. The molecule has 2 amide bonds. The summed E-state index contributed by atoms with van der Waals surface area (Å²) in [5, 5.41) is 18.8. The van der Waals surface area contributed by atoms with E-state index in [9.17, 15) is 9.90 Å². The van der Waals surface area contributed by atoms with Gasteiger partial charge in [0.2, 0.25) is 0 Å². The Morgan fingerprint density at radius 1 is 1.47 bits per heavy atom. The predicted molar refractivity (Wildman–Crippen MR) is 71.0 cm³/mol. The van der Waals surface area contributed by atoms with Gasteiger partial charge in [-0.25, -0.2) is 4.79 Å². The standard InChI is InChI=1S/C13H21N3O3/c1-13(2,3)10-7-11(16-19-10)15-12(18)14-8-5-4-6-9(8)17/h7-9,17H,4-6H2,1-3H3,(H2,14,15,16,18)/t8-,9+/m1/s1. The van der Waals surface area contributed by atoms with Crippen LogP contribution in [0.15, 0.2) is 10.6 Å². The monoisotopic (exact) mass is 267 g/mol. The number of urea groups is 1. The van der Waals surface area contributed by atoms with Gasteiger partial charge < -0.3 is 14.9 Å². The molecule has 2 atom stereocenters. The second-order valence-electron chi connectivity index (χ2n) is 6.03. The van der Waals surface area contributed by atoms with Crippen LogP contribution in [0.3, 0.4) is 0 Å². The minimum Gasteiger partial charge on any atom is -0.391 e. The average Bonchev–Trinajstić information content (AvgIpc) is 2.88. The van der Waals surface area contributed by atoms with Gasteiger partial charge in [0.05, 0.1) is 12.1 Å². The minimum absolute atomic E-state index is 0.148. The summed E-state index contributed by atoms with van der Waals surface area (Å²) in [6.45, 7) is 6.02. The van der Waals surface area contributed by atoms with E-state index in [1.807, 2.05) is 20.8 Å². The van der Waals surface area contributed by atoms with E-state index in [2.05, 4.69) is 15.8 Å². The maximum absolute atomic E-state index is 11.8. The van der Waals surface area contributed by atoms with Crippen molar-refractivity contribution in [2.75, 3.05) is 5.32 Å². The molecular formula is C13H21N3O3. The first-order valence-electron chi connectivity index (χ1n) is 6.59. The number of aliphatic hydroxyl groups is 1. The van der Waals surface area contributed by atoms with Crippen LogP contribution in [0.1, 0.15) is 45.8 Å². The van der Waals surface area contributed by atoms with Gasteiger partial charge in [0.1, 0.15) is 5.76 Å². The lowest BCUT2D eigenvalue weighted by atomic mass is 9.93. The fraction of sp³-hybridized carbons (Fsp3) is 0.692. The molecule has 3 N–H and O–H groups in total. The number of carbonyl (C=O) groups excluding carboxylic acids is 1. The number of hydrogen-bond donors (Lipinski definition) is 3. The van der Waals surface area contributed by atoms with E-state index in [0.29, 0.717) is 11.6 Å². The van der Waals surface area contributed by atoms with E-state index in [-0.39, 0.29) is 17.5 Å². The van der Waals surface area contributed by atoms with E-state index >= 15 is 0 Å². The Hall–Kier alpha value is -1.56. The van der Waals surface area contributed by atoms with Gasteiger partial charge in [-0.05, 0) is 19.3 Å². The molecule has 0 bridgehead atoms. The number of aromatic nitrogens is 1. The summed E-state index contributed by atoms with van der Waals surface area (Å²) < 4.78 is 5.18. The van der Waals surface area contributed by atoms with Crippen molar-refractivity contribution in [2.45, 2.75) is 57.6 Å². The minimum atomic E-state index is -0.451. The maximum Gasteiger partial charge on any atom is 0.320 e. The fourth-order valence-electron chi connectivity index (χ4n) is 2.12. The number of hydrogen-bond acceptors (Lipinski definition) is 4. The molecule has 0 aromatic carbocycles. The molecule has 1 saturated carbocycles. The molecule has 0 unspecified atom stereocenters. The highest BCUT2D eigenvalue weighted by Crippen LogP contribution is 2.24. The second kappa shape index (κ2) is 5.21. The highest BCUT2D eigenvalue weighted by atomic mass is 16.5. The Bertz CT molecular complexity index is 450. The summed E-state index contributed by atoms with van der Waals surface area (Å²) in [7, 11) is 0. The molecule has 1 aliphatic rings. The summed E-state index contributed by atoms with van der Waals surface area (Å²) in [6, 6.07) is 1.18. The Labute approximate surface area is 112 Å². The first kappa shape index (κ1) is 13.9. The van der Waals surface area contributed by atoms with Crippen molar-refractivity contribution in [1.82, 2.24) is 10.5 Å². The van der Waals surface area contributed by atoms with Gasteiger partial charge >= 0.3 is 6.03 Å². The predicted octanol–water partition coefficient (Wildman–Crippen LogP) is 2.01. The highest BCUT2D eigenvalue weighted by molar-refractivity contribution is 5.88. The van der Waals surface area contributed by atoms with E-state index in [0.717, 1.165) is 19.3 Å². The molecule has 0 aliphatic heterocycles. The van der Waals surface area contributed by atoms with Crippen LogP contribution in [-0.4, -0.2) is 28.4 Å². The largest absolute Gasteiger partial charge is 0.391 e. The lowest BCUT2D eigenvalue weighted by Gasteiger charge is -2.16. The van der Waals surface area contributed by atoms with E-state index in [1.54, 1.807) is 6.07 Å². The molecule has 0 spiro atoms. The molecule has 0 radical (unpaired) electrons. The van der Waals surface area contributed by atoms with Crippen LogP contribution in [0.2, 0.25) is 0 Å². The third kappa shape index (κ3) is 3.47. The number of amides is 2. The fourth-order valence-corrected chi connectivity index (χ4v) is 2.12. The SMILES string of the molecule is CC(C)(C)c1cc(NC(=O)N[C@@H]2CCC[C@@H]2O)no1. The van der Waals surface area contributed by atoms with Crippen molar-refractivity contribution in [2.24, 2.45) is 0 Å². The van der Waals surface area contributed by atoms with Crippen LogP contribution in [0.4, 0.5) is 10.6 Å². The first-order chi connectivity index (χ1) is 8.86. The molecule has 1 aromatic rings. The van der Waals surface area contributed by atoms with E-state index in [4.69, 9.17) is 4.52 Å². The van der Waals surface area contributed by atoms with Crippen LogP contribution >= 0.6 is 0 Å². The van der Waals surface area contributed by atoms with Crippen LogP contribution < -0.4 is 10.6 Å². The van der Waals surface area contributed by atoms with Gasteiger partial charge in [-0.1, -0.05) is 25.9 Å². The molecule has 1 aliphatic carbocycles. The van der Waals surface area contributed by atoms with Crippen molar-refractivity contribution in [1.29, 1.82) is 0 Å². The molecule has 2 rings (SSSR count). The topological polar surface area (TPSA) is 87.4 Å². The number of carbonyl (C=O) groups is 1. The van der Waals surface area contributed by atoms with Crippen molar-refractivity contribution >= 4 is 11.8 Å². The van der Waals surface area contributed by atoms with E-state index in [1.165, 1.54) is 0 Å². The van der Waals surface area contributed by atoms with Crippen molar-refractivity contribution in [3.05, 3.63) is 11.8 Å². The van der Waals surface area contributed by atoms with Crippen molar-refractivity contribution in [3.8, 4) is 0 Å². The van der Waals surface area contributed by atoms with Crippen LogP contribution in [0.25, 0.3) is 0 Å². The molecule has 1 fully saturated rings. The third-order valence-corrected chi connectivity index (χ3v) is 3.29. The molecule has 1 aromatic heterocycles. The van der Waals surface area contributed by atoms with Crippen LogP contribution in [0.5, 0.6) is 0 Å². The molecule has 0 saturated heterocycles. The number of rotatable bonds is 2. The summed E-state index contributed by atoms with van der Waals surface area (Å²) in [5.74, 6) is 1.10. The molecule has 19 heavy (non-hydrogen) atoms. The Morgan fingerprint density at radius 3 is 2.74 bits per heavy atom. The number of aliphatic hydroxyl groups excluding tert-OH is 1. The number of anilines is 1. The third-order valence-electron chi connectivity index (χ3n) is 3.29. The molecule has 106 valence electrons. The smallest absolute Gasteiger partial charge is 0.320 e. The van der Waals surface area contributed by atoms with Gasteiger partial charge in [0.25, 0.3) is 0 Å². The van der Waals surface area contributed by atoms with Crippen LogP contribution in [-0.2, 0) is 5.41 Å². The quantitative estimate of drug-likeness (QED) is 0.765. The van der Waals surface area contributed by atoms with Gasteiger partial charge in [-0.2, -0.15) is 0 Å². The zero-order chi connectivity index (χ0) is 14.0. The lowest BCUT2D eigenvalue weighted by Crippen LogP contribution is -2.42. The zero-order valence-corrected chi connectivity index (χ0v) is 11.6. The molecule has 6 heteroatoms. The van der Waals surface area contributed by atoms with Gasteiger partial charge in [-0.15, -0.1) is 0 Å².